The second kappa shape index (κ2) is 8.49. The van der Waals surface area contributed by atoms with Crippen molar-refractivity contribution >= 4 is 6.09 Å². The fraction of sp³-hybridized carbons (Fsp3) is 0.632. The van der Waals surface area contributed by atoms with Crippen molar-refractivity contribution in [2.24, 2.45) is 11.7 Å². The Morgan fingerprint density at radius 3 is 2.75 bits per heavy atom. The summed E-state index contributed by atoms with van der Waals surface area (Å²) in [6.07, 6.45) is 4.45. The van der Waals surface area contributed by atoms with Gasteiger partial charge in [-0.3, -0.25) is 0 Å². The van der Waals surface area contributed by atoms with Crippen LogP contribution in [0.4, 0.5) is 4.79 Å². The van der Waals surface area contributed by atoms with Crippen molar-refractivity contribution < 1.29 is 9.53 Å². The molecule has 1 aromatic carbocycles. The van der Waals surface area contributed by atoms with E-state index in [1.54, 1.807) is 0 Å². The zero-order valence-corrected chi connectivity index (χ0v) is 14.4. The number of hydrogen-bond acceptors (Lipinski definition) is 4. The molecular formula is C19H29N3O2. The van der Waals surface area contributed by atoms with E-state index < -0.39 is 0 Å². The van der Waals surface area contributed by atoms with E-state index in [4.69, 9.17) is 10.5 Å². The molecule has 1 heterocycles. The van der Waals surface area contributed by atoms with Crippen molar-refractivity contribution in [2.75, 3.05) is 32.7 Å². The molecule has 0 unspecified atom stereocenters. The molecule has 2 N–H and O–H groups in total. The SMILES string of the molecule is NCCN1CCC[C@@H](CN(C(=O)OCc2ccccc2)C2CC2)C1. The maximum atomic E-state index is 12.5. The van der Waals surface area contributed by atoms with E-state index in [0.717, 1.165) is 44.6 Å². The van der Waals surface area contributed by atoms with E-state index in [-0.39, 0.29) is 6.09 Å². The maximum Gasteiger partial charge on any atom is 0.410 e. The fourth-order valence-electron chi connectivity index (χ4n) is 3.53. The molecule has 1 aliphatic heterocycles. The average Bonchev–Trinajstić information content (AvgIpc) is 3.44. The molecule has 2 fully saturated rings. The lowest BCUT2D eigenvalue weighted by Crippen LogP contribution is -2.45. The largest absolute Gasteiger partial charge is 0.445 e. The Hall–Kier alpha value is -1.59. The number of carbonyl (C=O) groups is 1. The van der Waals surface area contributed by atoms with E-state index in [0.29, 0.717) is 25.1 Å². The summed E-state index contributed by atoms with van der Waals surface area (Å²) in [5.41, 5.74) is 6.72. The van der Waals surface area contributed by atoms with Gasteiger partial charge in [0.15, 0.2) is 0 Å². The van der Waals surface area contributed by atoms with Gasteiger partial charge < -0.3 is 20.3 Å². The van der Waals surface area contributed by atoms with Crippen molar-refractivity contribution in [3.63, 3.8) is 0 Å². The van der Waals surface area contributed by atoms with E-state index in [1.807, 2.05) is 35.2 Å². The molecule has 3 rings (SSSR count). The first-order valence-electron chi connectivity index (χ1n) is 9.16. The normalized spacial score (nSPS) is 21.5. The van der Waals surface area contributed by atoms with Gasteiger partial charge in [-0.1, -0.05) is 30.3 Å². The summed E-state index contributed by atoms with van der Waals surface area (Å²) < 4.78 is 5.56. The first-order valence-corrected chi connectivity index (χ1v) is 9.16. The molecule has 1 saturated heterocycles. The number of piperidine rings is 1. The number of carbonyl (C=O) groups excluding carboxylic acids is 1. The molecule has 0 aromatic heterocycles. The van der Waals surface area contributed by atoms with Crippen LogP contribution in [0.2, 0.25) is 0 Å². The Morgan fingerprint density at radius 2 is 2.04 bits per heavy atom. The molecule has 24 heavy (non-hydrogen) atoms. The molecule has 0 radical (unpaired) electrons. The molecule has 1 saturated carbocycles. The summed E-state index contributed by atoms with van der Waals surface area (Å²) in [6, 6.07) is 10.3. The molecule has 5 heteroatoms. The van der Waals surface area contributed by atoms with Crippen LogP contribution in [0.25, 0.3) is 0 Å². The van der Waals surface area contributed by atoms with Crippen LogP contribution in [0.3, 0.4) is 0 Å². The number of nitrogens with zero attached hydrogens (tertiary/aromatic N) is 2. The minimum Gasteiger partial charge on any atom is -0.445 e. The molecule has 1 aromatic rings. The molecule has 1 amide bonds. The van der Waals surface area contributed by atoms with Crippen LogP contribution >= 0.6 is 0 Å². The van der Waals surface area contributed by atoms with Crippen LogP contribution in [0, 0.1) is 5.92 Å². The Bertz CT molecular complexity index is 517. The summed E-state index contributed by atoms with van der Waals surface area (Å²) in [4.78, 5) is 16.9. The van der Waals surface area contributed by atoms with Gasteiger partial charge in [0, 0.05) is 32.2 Å². The quantitative estimate of drug-likeness (QED) is 0.834. The summed E-state index contributed by atoms with van der Waals surface area (Å²) in [6.45, 7) is 5.02. The monoisotopic (exact) mass is 331 g/mol. The van der Waals surface area contributed by atoms with Crippen LogP contribution in [0.15, 0.2) is 30.3 Å². The number of amides is 1. The lowest BCUT2D eigenvalue weighted by Gasteiger charge is -2.35. The predicted octanol–water partition coefficient (Wildman–Crippen LogP) is 2.46. The third-order valence-electron chi connectivity index (χ3n) is 4.93. The molecule has 1 atom stereocenters. The van der Waals surface area contributed by atoms with Crippen molar-refractivity contribution in [1.82, 2.24) is 9.80 Å². The Labute approximate surface area is 144 Å². The van der Waals surface area contributed by atoms with Crippen LogP contribution in [-0.2, 0) is 11.3 Å². The summed E-state index contributed by atoms with van der Waals surface area (Å²) in [5, 5.41) is 0. The standard InChI is InChI=1S/C19H29N3O2/c20-10-12-21-11-4-7-17(13-21)14-22(18-8-9-18)19(23)24-15-16-5-2-1-3-6-16/h1-3,5-6,17-18H,4,7-15,20H2/t17-/m1/s1. The molecule has 0 spiro atoms. The van der Waals surface area contributed by atoms with Gasteiger partial charge >= 0.3 is 6.09 Å². The second-order valence-corrected chi connectivity index (χ2v) is 7.02. The lowest BCUT2D eigenvalue weighted by molar-refractivity contribution is 0.0764. The number of hydrogen-bond donors (Lipinski definition) is 1. The molecule has 2 aliphatic rings. The van der Waals surface area contributed by atoms with Gasteiger partial charge in [-0.2, -0.15) is 0 Å². The van der Waals surface area contributed by atoms with E-state index in [1.165, 1.54) is 12.8 Å². The number of benzene rings is 1. The Morgan fingerprint density at radius 1 is 1.25 bits per heavy atom. The van der Waals surface area contributed by atoms with Gasteiger partial charge in [0.25, 0.3) is 0 Å². The molecule has 132 valence electrons. The minimum absolute atomic E-state index is 0.155. The Kier molecular flexibility index (Phi) is 6.10. The van der Waals surface area contributed by atoms with Gasteiger partial charge in [-0.25, -0.2) is 4.79 Å². The summed E-state index contributed by atoms with van der Waals surface area (Å²) in [5.74, 6) is 0.537. The van der Waals surface area contributed by atoms with E-state index in [2.05, 4.69) is 4.90 Å². The zero-order chi connectivity index (χ0) is 16.8. The smallest absolute Gasteiger partial charge is 0.410 e. The highest BCUT2D eigenvalue weighted by Crippen LogP contribution is 2.30. The molecule has 0 bridgehead atoms. The molecule has 5 nitrogen and oxygen atoms in total. The topological polar surface area (TPSA) is 58.8 Å². The highest BCUT2D eigenvalue weighted by Gasteiger charge is 2.35. The number of ether oxygens (including phenoxy) is 1. The maximum absolute atomic E-state index is 12.5. The average molecular weight is 331 g/mol. The second-order valence-electron chi connectivity index (χ2n) is 7.02. The Balaban J connectivity index is 1.51. The first-order chi connectivity index (χ1) is 11.8. The van der Waals surface area contributed by atoms with Crippen molar-refractivity contribution in [1.29, 1.82) is 0 Å². The first kappa shape index (κ1) is 17.2. The van der Waals surface area contributed by atoms with Crippen LogP contribution in [-0.4, -0.2) is 54.7 Å². The van der Waals surface area contributed by atoms with Gasteiger partial charge in [0.1, 0.15) is 6.61 Å². The van der Waals surface area contributed by atoms with Crippen molar-refractivity contribution in [2.45, 2.75) is 38.3 Å². The van der Waals surface area contributed by atoms with Crippen LogP contribution in [0.1, 0.15) is 31.2 Å². The lowest BCUT2D eigenvalue weighted by atomic mass is 9.97. The fourth-order valence-corrected chi connectivity index (χ4v) is 3.53. The molecular weight excluding hydrogens is 302 g/mol. The number of nitrogens with two attached hydrogens (primary N) is 1. The van der Waals surface area contributed by atoms with Crippen LogP contribution < -0.4 is 5.73 Å². The van der Waals surface area contributed by atoms with Crippen molar-refractivity contribution in [3.8, 4) is 0 Å². The van der Waals surface area contributed by atoms with Gasteiger partial charge in [0.2, 0.25) is 0 Å². The third kappa shape index (κ3) is 4.95. The van der Waals surface area contributed by atoms with Crippen LogP contribution in [0.5, 0.6) is 0 Å². The van der Waals surface area contributed by atoms with E-state index >= 15 is 0 Å². The number of rotatable bonds is 7. The van der Waals surface area contributed by atoms with E-state index in [9.17, 15) is 4.79 Å². The van der Waals surface area contributed by atoms with Gasteiger partial charge in [0.05, 0.1) is 0 Å². The van der Waals surface area contributed by atoms with Gasteiger partial charge in [-0.05, 0) is 43.7 Å². The summed E-state index contributed by atoms with van der Waals surface area (Å²) >= 11 is 0. The predicted molar refractivity (Wildman–Crippen MR) is 94.6 cm³/mol. The highest BCUT2D eigenvalue weighted by atomic mass is 16.6. The minimum atomic E-state index is -0.155. The van der Waals surface area contributed by atoms with Gasteiger partial charge in [-0.15, -0.1) is 0 Å². The third-order valence-corrected chi connectivity index (χ3v) is 4.93. The summed E-state index contributed by atoms with van der Waals surface area (Å²) in [7, 11) is 0. The zero-order valence-electron chi connectivity index (χ0n) is 14.4. The highest BCUT2D eigenvalue weighted by molar-refractivity contribution is 5.68. The van der Waals surface area contributed by atoms with Crippen molar-refractivity contribution in [3.05, 3.63) is 35.9 Å². The molecule has 1 aliphatic carbocycles. The number of likely N-dealkylation sites (tertiary alicyclic amines) is 1.